The summed E-state index contributed by atoms with van der Waals surface area (Å²) in [5, 5.41) is 5.50. The Morgan fingerprint density at radius 3 is 2.30 bits per heavy atom. The van der Waals surface area contributed by atoms with Crippen molar-refractivity contribution in [1.29, 1.82) is 0 Å². The number of fused-ring (bicyclic) bond motifs is 1. The van der Waals surface area contributed by atoms with E-state index < -0.39 is 24.5 Å². The van der Waals surface area contributed by atoms with Gasteiger partial charge in [-0.25, -0.2) is 9.59 Å². The third-order valence-electron chi connectivity index (χ3n) is 5.64. The lowest BCUT2D eigenvalue weighted by atomic mass is 9.81. The molecule has 1 aliphatic rings. The summed E-state index contributed by atoms with van der Waals surface area (Å²) in [6, 6.07) is 7.09. The summed E-state index contributed by atoms with van der Waals surface area (Å²) in [7, 11) is 0. The highest BCUT2D eigenvalue weighted by molar-refractivity contribution is 7.17. The number of carbonyl (C=O) groups is 3. The molecule has 1 amide bonds. The van der Waals surface area contributed by atoms with Crippen LogP contribution in [0.5, 0.6) is 0 Å². The van der Waals surface area contributed by atoms with Crippen molar-refractivity contribution in [2.45, 2.75) is 65.5 Å². The third-order valence-corrected chi connectivity index (χ3v) is 7.13. The highest BCUT2D eigenvalue weighted by atomic mass is 32.1. The van der Waals surface area contributed by atoms with Crippen molar-refractivity contribution in [3.63, 3.8) is 0 Å². The molecule has 33 heavy (non-hydrogen) atoms. The molecule has 2 aromatic rings. The van der Waals surface area contributed by atoms with Gasteiger partial charge in [0, 0.05) is 6.42 Å². The number of nitrogens with one attached hydrogen (secondary N) is 1. The second kappa shape index (κ2) is 9.65. The zero-order valence-corrected chi connectivity index (χ0v) is 21.0. The fourth-order valence-corrected chi connectivity index (χ4v) is 5.76. The third kappa shape index (κ3) is 5.62. The number of amides is 1. The molecule has 2 heterocycles. The number of anilines is 1. The Labute approximate surface area is 198 Å². The van der Waals surface area contributed by atoms with Crippen LogP contribution in [0.1, 0.15) is 78.3 Å². The molecule has 0 unspecified atom stereocenters. The Morgan fingerprint density at radius 2 is 1.70 bits per heavy atom. The SMILES string of the molecule is CCOC(=O)c1c(NC(=O)COC(=O)c2ccc(CC)cc2)sc2c1CC(C)(C)[NH2+]C2(C)C. The molecule has 0 saturated heterocycles. The first kappa shape index (κ1) is 24.9. The van der Waals surface area contributed by atoms with Crippen LogP contribution in [0.25, 0.3) is 0 Å². The molecule has 0 saturated carbocycles. The fourth-order valence-electron chi connectivity index (χ4n) is 4.46. The highest BCUT2D eigenvalue weighted by Crippen LogP contribution is 2.42. The van der Waals surface area contributed by atoms with E-state index in [9.17, 15) is 14.4 Å². The molecule has 3 N–H and O–H groups in total. The van der Waals surface area contributed by atoms with Crippen molar-refractivity contribution in [2.24, 2.45) is 0 Å². The molecule has 1 aliphatic heterocycles. The zero-order chi connectivity index (χ0) is 24.4. The van der Waals surface area contributed by atoms with Crippen molar-refractivity contribution >= 4 is 34.2 Å². The van der Waals surface area contributed by atoms with E-state index in [1.807, 2.05) is 19.1 Å². The number of carbonyl (C=O) groups excluding carboxylic acids is 3. The molecular formula is C25H33N2O5S+. The number of ether oxygens (including phenoxy) is 2. The monoisotopic (exact) mass is 473 g/mol. The smallest absolute Gasteiger partial charge is 0.341 e. The molecule has 3 rings (SSSR count). The Kier molecular flexibility index (Phi) is 7.29. The quantitative estimate of drug-likeness (QED) is 0.601. The van der Waals surface area contributed by atoms with Gasteiger partial charge in [0.1, 0.15) is 10.5 Å². The molecule has 0 aliphatic carbocycles. The first-order valence-corrected chi connectivity index (χ1v) is 12.0. The van der Waals surface area contributed by atoms with Gasteiger partial charge in [0.2, 0.25) is 0 Å². The van der Waals surface area contributed by atoms with Gasteiger partial charge in [0.05, 0.1) is 28.1 Å². The molecular weight excluding hydrogens is 440 g/mol. The number of benzene rings is 1. The van der Waals surface area contributed by atoms with E-state index in [1.165, 1.54) is 11.3 Å². The van der Waals surface area contributed by atoms with Gasteiger partial charge in [-0.15, -0.1) is 11.3 Å². The number of esters is 2. The van der Waals surface area contributed by atoms with Gasteiger partial charge in [0.15, 0.2) is 6.61 Å². The lowest BCUT2D eigenvalue weighted by Crippen LogP contribution is -3.03. The number of rotatable bonds is 7. The van der Waals surface area contributed by atoms with Crippen LogP contribution in [0.3, 0.4) is 0 Å². The van der Waals surface area contributed by atoms with E-state index in [0.717, 1.165) is 22.4 Å². The van der Waals surface area contributed by atoms with Gasteiger partial charge >= 0.3 is 11.9 Å². The topological polar surface area (TPSA) is 98.3 Å². The molecule has 7 nitrogen and oxygen atoms in total. The number of nitrogens with two attached hydrogens (primary N) is 1. The van der Waals surface area contributed by atoms with E-state index in [-0.39, 0.29) is 17.7 Å². The number of quaternary nitrogens is 1. The predicted molar refractivity (Wildman–Crippen MR) is 128 cm³/mol. The van der Waals surface area contributed by atoms with Gasteiger partial charge in [-0.3, -0.25) is 4.79 Å². The first-order chi connectivity index (χ1) is 15.5. The van der Waals surface area contributed by atoms with Crippen molar-refractivity contribution < 1.29 is 29.2 Å². The normalized spacial score (nSPS) is 15.9. The van der Waals surface area contributed by atoms with Crippen molar-refractivity contribution in [3.8, 4) is 0 Å². The Balaban J connectivity index is 1.79. The van der Waals surface area contributed by atoms with Crippen LogP contribution in [0.15, 0.2) is 24.3 Å². The van der Waals surface area contributed by atoms with Crippen LogP contribution in [-0.2, 0) is 32.6 Å². The van der Waals surface area contributed by atoms with Gasteiger partial charge in [0.25, 0.3) is 5.91 Å². The summed E-state index contributed by atoms with van der Waals surface area (Å²) >= 11 is 1.38. The lowest BCUT2D eigenvalue weighted by Gasteiger charge is -2.38. The molecule has 0 bridgehead atoms. The molecule has 1 aromatic heterocycles. The fraction of sp³-hybridized carbons (Fsp3) is 0.480. The van der Waals surface area contributed by atoms with Crippen LogP contribution < -0.4 is 10.6 Å². The number of aryl methyl sites for hydroxylation is 1. The van der Waals surface area contributed by atoms with Gasteiger partial charge in [-0.05, 0) is 64.3 Å². The summed E-state index contributed by atoms with van der Waals surface area (Å²) in [5.74, 6) is -1.52. The van der Waals surface area contributed by atoms with Gasteiger partial charge in [-0.1, -0.05) is 19.1 Å². The average Bonchev–Trinajstić information content (AvgIpc) is 3.09. The predicted octanol–water partition coefficient (Wildman–Crippen LogP) is 3.42. The van der Waals surface area contributed by atoms with E-state index in [2.05, 4.69) is 38.3 Å². The summed E-state index contributed by atoms with van der Waals surface area (Å²) in [6.07, 6.45) is 1.55. The highest BCUT2D eigenvalue weighted by Gasteiger charge is 2.45. The molecule has 0 radical (unpaired) electrons. The number of hydrogen-bond acceptors (Lipinski definition) is 6. The van der Waals surface area contributed by atoms with Crippen molar-refractivity contribution in [1.82, 2.24) is 0 Å². The lowest BCUT2D eigenvalue weighted by molar-refractivity contribution is -0.789. The number of thiophene rings is 1. The van der Waals surface area contributed by atoms with Gasteiger partial charge < -0.3 is 20.1 Å². The van der Waals surface area contributed by atoms with Crippen molar-refractivity contribution in [3.05, 3.63) is 51.4 Å². The molecule has 8 heteroatoms. The van der Waals surface area contributed by atoms with Gasteiger partial charge in [-0.2, -0.15) is 0 Å². The van der Waals surface area contributed by atoms with Crippen LogP contribution in [-0.4, -0.2) is 36.6 Å². The summed E-state index contributed by atoms with van der Waals surface area (Å²) in [4.78, 5) is 38.8. The maximum absolute atomic E-state index is 12.8. The average molecular weight is 474 g/mol. The van der Waals surface area contributed by atoms with Crippen molar-refractivity contribution in [2.75, 3.05) is 18.5 Å². The summed E-state index contributed by atoms with van der Waals surface area (Å²) in [6.45, 7) is 12.1. The Bertz CT molecular complexity index is 1050. The van der Waals surface area contributed by atoms with Crippen LogP contribution in [0.4, 0.5) is 5.00 Å². The second-order valence-corrected chi connectivity index (χ2v) is 10.6. The molecule has 1 aromatic carbocycles. The molecule has 178 valence electrons. The van der Waals surface area contributed by atoms with E-state index in [0.29, 0.717) is 22.5 Å². The minimum absolute atomic E-state index is 0.108. The Hall–Kier alpha value is -2.71. The van der Waals surface area contributed by atoms with E-state index in [4.69, 9.17) is 9.47 Å². The van der Waals surface area contributed by atoms with Crippen LogP contribution in [0, 0.1) is 0 Å². The molecule has 0 fully saturated rings. The first-order valence-electron chi connectivity index (χ1n) is 11.2. The van der Waals surface area contributed by atoms with Crippen LogP contribution in [0.2, 0.25) is 0 Å². The number of hydrogen-bond donors (Lipinski definition) is 2. The second-order valence-electron chi connectivity index (χ2n) is 9.54. The Morgan fingerprint density at radius 1 is 1.03 bits per heavy atom. The van der Waals surface area contributed by atoms with E-state index >= 15 is 0 Å². The maximum atomic E-state index is 12.8. The standard InChI is InChI=1S/C25H32N2O5S/c1-7-15-9-11-16(12-10-15)22(29)32-14-18(28)26-21-19(23(30)31-8-2)17-13-24(3,4)27-25(5,6)20(17)33-21/h9-12,27H,7-8,13-14H2,1-6H3,(H,26,28)/p+1. The minimum atomic E-state index is -0.568. The van der Waals surface area contributed by atoms with E-state index in [1.54, 1.807) is 19.1 Å². The zero-order valence-electron chi connectivity index (χ0n) is 20.2. The molecule has 0 spiro atoms. The minimum Gasteiger partial charge on any atom is -0.462 e. The van der Waals surface area contributed by atoms with Crippen LogP contribution >= 0.6 is 11.3 Å². The summed E-state index contributed by atoms with van der Waals surface area (Å²) in [5.41, 5.74) is 2.45. The largest absolute Gasteiger partial charge is 0.462 e. The summed E-state index contributed by atoms with van der Waals surface area (Å²) < 4.78 is 10.5. The maximum Gasteiger partial charge on any atom is 0.341 e. The molecule has 0 atom stereocenters.